The first-order valence-corrected chi connectivity index (χ1v) is 20.1. The van der Waals surface area contributed by atoms with Crippen LogP contribution in [-0.4, -0.2) is 99.6 Å². The van der Waals surface area contributed by atoms with E-state index in [4.69, 9.17) is 0 Å². The molecule has 0 aromatic heterocycles. The van der Waals surface area contributed by atoms with Crippen molar-refractivity contribution < 1.29 is 53.4 Å². The molecule has 1 unspecified atom stereocenters. The molecule has 0 aromatic carbocycles. The molecule has 1 aliphatic carbocycles. The summed E-state index contributed by atoms with van der Waals surface area (Å²) in [6.07, 6.45) is 5.33. The Labute approximate surface area is 330 Å². The summed E-state index contributed by atoms with van der Waals surface area (Å²) in [6, 6.07) is -7.16. The highest BCUT2D eigenvalue weighted by Crippen LogP contribution is 2.27. The molecule has 0 heterocycles. The zero-order valence-corrected chi connectivity index (χ0v) is 34.2. The smallest absolute Gasteiger partial charge is 0.305 e. The van der Waals surface area contributed by atoms with Gasteiger partial charge >= 0.3 is 11.9 Å². The Morgan fingerprint density at radius 2 is 1.12 bits per heavy atom. The molecule has 1 saturated carbocycles. The Morgan fingerprint density at radius 3 is 1.64 bits per heavy atom. The third kappa shape index (κ3) is 18.4. The second-order valence-electron chi connectivity index (χ2n) is 15.4. The van der Waals surface area contributed by atoms with E-state index < -0.39 is 109 Å². The van der Waals surface area contributed by atoms with Crippen molar-refractivity contribution in [1.29, 1.82) is 0 Å². The average Bonchev–Trinajstić information content (AvgIpc) is 3.12. The normalized spacial score (nSPS) is 16.8. The maximum Gasteiger partial charge on any atom is 0.305 e. The number of nitrogens with one attached hydrogen (secondary N) is 6. The fourth-order valence-electron chi connectivity index (χ4n) is 6.72. The van der Waals surface area contributed by atoms with Crippen LogP contribution in [0.1, 0.15) is 138 Å². The van der Waals surface area contributed by atoms with Crippen LogP contribution in [0.3, 0.4) is 0 Å². The largest absolute Gasteiger partial charge is 0.481 e. The standard InChI is InChI=1S/C39H66N6O11/c1-8-14-31(47)26(10-3)41-36(53)29(20-25-15-12-11-13-16-25)44-39(56)34(23(6)9-2)45-38(55)28(19-22(4)5)43-35(52)27(17-18-32(48)49)42-37(54)30(21-33(50)51)40-24(7)46/h22-23,25-30,34H,8-21H2,1-7H3,(H,40,46)(H,41,53)(H,42,54)(H,43,52)(H,44,56)(H,45,55)(H,48,49)(H,50,51)/t23?,26-,27+,28-,29-,30-,34-/m0/s1. The Bertz CT molecular complexity index is 1350. The molecular weight excluding hydrogens is 728 g/mol. The van der Waals surface area contributed by atoms with Gasteiger partial charge in [-0.05, 0) is 49.9 Å². The zero-order valence-electron chi connectivity index (χ0n) is 34.2. The quantitative estimate of drug-likeness (QED) is 0.0629. The van der Waals surface area contributed by atoms with Crippen LogP contribution in [0.5, 0.6) is 0 Å². The number of carbonyl (C=O) groups is 9. The Balaban J connectivity index is 3.37. The molecule has 7 atom stereocenters. The van der Waals surface area contributed by atoms with E-state index in [9.17, 15) is 53.4 Å². The lowest BCUT2D eigenvalue weighted by Gasteiger charge is -2.31. The first kappa shape index (κ1) is 49.4. The first-order valence-electron chi connectivity index (χ1n) is 20.1. The second-order valence-corrected chi connectivity index (χ2v) is 15.4. The molecular formula is C39H66N6O11. The van der Waals surface area contributed by atoms with Crippen molar-refractivity contribution in [3.63, 3.8) is 0 Å². The van der Waals surface area contributed by atoms with Crippen LogP contribution in [-0.2, 0) is 43.2 Å². The second kappa shape index (κ2) is 25.6. The zero-order chi connectivity index (χ0) is 42.5. The third-order valence-electron chi connectivity index (χ3n) is 10.0. The molecule has 318 valence electrons. The highest BCUT2D eigenvalue weighted by atomic mass is 16.4. The van der Waals surface area contributed by atoms with E-state index in [-0.39, 0.29) is 24.0 Å². The van der Waals surface area contributed by atoms with E-state index in [1.807, 2.05) is 13.8 Å². The van der Waals surface area contributed by atoms with Gasteiger partial charge < -0.3 is 42.1 Å². The summed E-state index contributed by atoms with van der Waals surface area (Å²) in [5.41, 5.74) is 0. The number of ketones is 1. The van der Waals surface area contributed by atoms with Gasteiger partial charge in [-0.15, -0.1) is 0 Å². The molecule has 17 nitrogen and oxygen atoms in total. The lowest BCUT2D eigenvalue weighted by molar-refractivity contribution is -0.141. The molecule has 1 rings (SSSR count). The topological polar surface area (TPSA) is 266 Å². The molecule has 17 heteroatoms. The van der Waals surface area contributed by atoms with Crippen molar-refractivity contribution in [2.45, 2.75) is 175 Å². The molecule has 0 saturated heterocycles. The number of carboxylic acids is 2. The van der Waals surface area contributed by atoms with Gasteiger partial charge in [0, 0.05) is 19.8 Å². The number of carbonyl (C=O) groups excluding carboxylic acids is 7. The number of amides is 6. The van der Waals surface area contributed by atoms with Crippen molar-refractivity contribution >= 4 is 53.2 Å². The summed E-state index contributed by atoms with van der Waals surface area (Å²) in [7, 11) is 0. The lowest BCUT2D eigenvalue weighted by atomic mass is 9.84. The maximum atomic E-state index is 14.1. The molecule has 0 spiro atoms. The van der Waals surface area contributed by atoms with E-state index >= 15 is 0 Å². The van der Waals surface area contributed by atoms with Gasteiger partial charge in [0.05, 0.1) is 12.5 Å². The average molecular weight is 795 g/mol. The third-order valence-corrected chi connectivity index (χ3v) is 10.0. The van der Waals surface area contributed by atoms with E-state index in [0.717, 1.165) is 39.0 Å². The molecule has 6 amide bonds. The van der Waals surface area contributed by atoms with E-state index in [2.05, 4.69) is 31.9 Å². The Hall–Kier alpha value is -4.57. The van der Waals surface area contributed by atoms with Gasteiger partial charge in [-0.2, -0.15) is 0 Å². The van der Waals surface area contributed by atoms with Crippen LogP contribution >= 0.6 is 0 Å². The molecule has 0 aromatic rings. The highest BCUT2D eigenvalue weighted by molar-refractivity contribution is 5.97. The van der Waals surface area contributed by atoms with Gasteiger partial charge in [0.1, 0.15) is 30.2 Å². The van der Waals surface area contributed by atoms with E-state index in [1.54, 1.807) is 27.7 Å². The molecule has 0 aliphatic heterocycles. The lowest BCUT2D eigenvalue weighted by Crippen LogP contribution is -2.61. The number of hydrogen-bond donors (Lipinski definition) is 8. The molecule has 0 radical (unpaired) electrons. The Kier molecular flexibility index (Phi) is 22.6. The minimum Gasteiger partial charge on any atom is -0.481 e. The van der Waals surface area contributed by atoms with Crippen LogP contribution in [0.4, 0.5) is 0 Å². The number of rotatable bonds is 26. The fraction of sp³-hybridized carbons (Fsp3) is 0.769. The molecule has 1 fully saturated rings. The van der Waals surface area contributed by atoms with Crippen LogP contribution in [0.25, 0.3) is 0 Å². The van der Waals surface area contributed by atoms with Gasteiger partial charge in [-0.3, -0.25) is 43.2 Å². The van der Waals surface area contributed by atoms with Gasteiger partial charge in [0.15, 0.2) is 5.78 Å². The fourth-order valence-corrected chi connectivity index (χ4v) is 6.72. The van der Waals surface area contributed by atoms with E-state index in [0.29, 0.717) is 32.1 Å². The monoisotopic (exact) mass is 794 g/mol. The van der Waals surface area contributed by atoms with Crippen molar-refractivity contribution in [3.05, 3.63) is 0 Å². The maximum absolute atomic E-state index is 14.1. The minimum atomic E-state index is -1.57. The summed E-state index contributed by atoms with van der Waals surface area (Å²) in [6.45, 7) is 11.9. The molecule has 56 heavy (non-hydrogen) atoms. The van der Waals surface area contributed by atoms with E-state index in [1.165, 1.54) is 0 Å². The Morgan fingerprint density at radius 1 is 0.589 bits per heavy atom. The summed E-state index contributed by atoms with van der Waals surface area (Å²) in [5, 5.41) is 34.1. The summed E-state index contributed by atoms with van der Waals surface area (Å²) >= 11 is 0. The number of aliphatic carboxylic acids is 2. The molecule has 1 aliphatic rings. The predicted octanol–water partition coefficient (Wildman–Crippen LogP) is 2.10. The molecule has 0 bridgehead atoms. The van der Waals surface area contributed by atoms with Crippen molar-refractivity contribution in [1.82, 2.24) is 31.9 Å². The van der Waals surface area contributed by atoms with Gasteiger partial charge in [0.25, 0.3) is 0 Å². The van der Waals surface area contributed by atoms with Crippen molar-refractivity contribution in [2.75, 3.05) is 0 Å². The predicted molar refractivity (Wildman–Crippen MR) is 207 cm³/mol. The number of carboxylic acid groups (broad SMARTS) is 2. The van der Waals surface area contributed by atoms with Crippen LogP contribution in [0.15, 0.2) is 0 Å². The number of hydrogen-bond acceptors (Lipinski definition) is 9. The van der Waals surface area contributed by atoms with Gasteiger partial charge in [-0.1, -0.05) is 80.1 Å². The summed E-state index contributed by atoms with van der Waals surface area (Å²) in [4.78, 5) is 116. The van der Waals surface area contributed by atoms with Gasteiger partial charge in [0.2, 0.25) is 35.4 Å². The van der Waals surface area contributed by atoms with Crippen molar-refractivity contribution in [2.24, 2.45) is 17.8 Å². The van der Waals surface area contributed by atoms with Gasteiger partial charge in [-0.25, -0.2) is 0 Å². The van der Waals surface area contributed by atoms with Crippen molar-refractivity contribution in [3.8, 4) is 0 Å². The van der Waals surface area contributed by atoms with Crippen LogP contribution in [0, 0.1) is 17.8 Å². The molecule has 8 N–H and O–H groups in total. The highest BCUT2D eigenvalue weighted by Gasteiger charge is 2.36. The SMILES string of the molecule is CCCC(=O)[C@H](CC)NC(=O)[C@H](CC1CCCCC1)NC(=O)[C@@H](NC(=O)[C@H](CC(C)C)NC(=O)[C@@H](CCC(=O)O)NC(=O)[C@H](CC(=O)O)NC(C)=O)C(C)CC. The summed E-state index contributed by atoms with van der Waals surface area (Å²) in [5.74, 6) is -7.70. The number of Topliss-reactive ketones (excluding diaryl/α,β-unsaturated/α-hetero) is 1. The summed E-state index contributed by atoms with van der Waals surface area (Å²) < 4.78 is 0. The first-order chi connectivity index (χ1) is 26.3. The minimum absolute atomic E-state index is 0.0798. The van der Waals surface area contributed by atoms with Crippen LogP contribution < -0.4 is 31.9 Å². The van der Waals surface area contributed by atoms with Crippen LogP contribution in [0.2, 0.25) is 0 Å².